The number of aromatic nitrogens is 1. The van der Waals surface area contributed by atoms with Crippen LogP contribution >= 0.6 is 0 Å². The van der Waals surface area contributed by atoms with Gasteiger partial charge in [0.05, 0.1) is 16.0 Å². The SMILES string of the molecule is Nc1c[nH]c2c([N+](=O)[O-])ccc(O)c12. The summed E-state index contributed by atoms with van der Waals surface area (Å²) in [5, 5.41) is 20.3. The lowest BCUT2D eigenvalue weighted by atomic mass is 10.2. The predicted molar refractivity (Wildman–Crippen MR) is 51.0 cm³/mol. The van der Waals surface area contributed by atoms with E-state index in [-0.39, 0.29) is 17.0 Å². The van der Waals surface area contributed by atoms with Crippen molar-refractivity contribution in [2.75, 3.05) is 5.73 Å². The van der Waals surface area contributed by atoms with Crippen LogP contribution in [0.1, 0.15) is 0 Å². The van der Waals surface area contributed by atoms with E-state index in [9.17, 15) is 15.2 Å². The number of nitrogens with two attached hydrogens (primary N) is 1. The average Bonchev–Trinajstić information content (AvgIpc) is 2.49. The molecule has 1 heterocycles. The molecule has 0 amide bonds. The fraction of sp³-hybridized carbons (Fsp3) is 0. The van der Waals surface area contributed by atoms with E-state index in [4.69, 9.17) is 5.73 Å². The molecule has 72 valence electrons. The first-order valence-corrected chi connectivity index (χ1v) is 3.84. The van der Waals surface area contributed by atoms with Gasteiger partial charge < -0.3 is 15.8 Å². The molecule has 0 bridgehead atoms. The largest absolute Gasteiger partial charge is 0.507 e. The molecule has 0 aliphatic rings. The van der Waals surface area contributed by atoms with Crippen LogP contribution in [0.4, 0.5) is 11.4 Å². The molecule has 1 aromatic heterocycles. The number of phenols is 1. The third kappa shape index (κ3) is 0.972. The van der Waals surface area contributed by atoms with Crippen molar-refractivity contribution in [2.45, 2.75) is 0 Å². The molecule has 0 fully saturated rings. The summed E-state index contributed by atoms with van der Waals surface area (Å²) in [6.07, 6.45) is 1.41. The summed E-state index contributed by atoms with van der Waals surface area (Å²) >= 11 is 0. The van der Waals surface area contributed by atoms with Crippen molar-refractivity contribution < 1.29 is 10.0 Å². The Balaban J connectivity index is 2.90. The maximum atomic E-state index is 10.6. The molecule has 1 aromatic carbocycles. The molecule has 2 rings (SSSR count). The number of fused-ring (bicyclic) bond motifs is 1. The van der Waals surface area contributed by atoms with Crippen LogP contribution in [0.25, 0.3) is 10.9 Å². The summed E-state index contributed by atoms with van der Waals surface area (Å²) < 4.78 is 0. The van der Waals surface area contributed by atoms with Crippen molar-refractivity contribution in [3.63, 3.8) is 0 Å². The van der Waals surface area contributed by atoms with Gasteiger partial charge in [-0.15, -0.1) is 0 Å². The van der Waals surface area contributed by atoms with Gasteiger partial charge in [-0.25, -0.2) is 0 Å². The van der Waals surface area contributed by atoms with Crippen molar-refractivity contribution >= 4 is 22.3 Å². The van der Waals surface area contributed by atoms with Crippen LogP contribution in [0.3, 0.4) is 0 Å². The highest BCUT2D eigenvalue weighted by Gasteiger charge is 2.17. The highest BCUT2D eigenvalue weighted by Crippen LogP contribution is 2.35. The fourth-order valence-electron chi connectivity index (χ4n) is 1.39. The minimum atomic E-state index is -0.530. The number of H-pyrrole nitrogens is 1. The lowest BCUT2D eigenvalue weighted by Crippen LogP contribution is -1.89. The minimum absolute atomic E-state index is 0.0654. The number of non-ortho nitro benzene ring substituents is 1. The summed E-state index contributed by atoms with van der Waals surface area (Å²) in [6, 6.07) is 2.48. The maximum absolute atomic E-state index is 10.6. The molecular weight excluding hydrogens is 186 g/mol. The fourth-order valence-corrected chi connectivity index (χ4v) is 1.39. The molecule has 2 aromatic rings. The molecule has 0 saturated heterocycles. The number of aromatic hydroxyl groups is 1. The Hall–Kier alpha value is -2.24. The zero-order chi connectivity index (χ0) is 10.3. The molecule has 14 heavy (non-hydrogen) atoms. The van der Waals surface area contributed by atoms with Crippen LogP contribution in [0, 0.1) is 10.1 Å². The Bertz CT molecular complexity index is 518. The summed E-state index contributed by atoms with van der Waals surface area (Å²) in [4.78, 5) is 12.7. The van der Waals surface area contributed by atoms with Crippen molar-refractivity contribution in [1.82, 2.24) is 4.98 Å². The van der Waals surface area contributed by atoms with Crippen molar-refractivity contribution in [1.29, 1.82) is 0 Å². The van der Waals surface area contributed by atoms with E-state index in [0.29, 0.717) is 11.1 Å². The first-order valence-electron chi connectivity index (χ1n) is 3.84. The van der Waals surface area contributed by atoms with E-state index in [1.807, 2.05) is 0 Å². The van der Waals surface area contributed by atoms with Crippen molar-refractivity contribution in [3.8, 4) is 5.75 Å². The molecule has 6 nitrogen and oxygen atoms in total. The molecule has 4 N–H and O–H groups in total. The number of anilines is 1. The number of hydrogen-bond acceptors (Lipinski definition) is 4. The predicted octanol–water partition coefficient (Wildman–Crippen LogP) is 1.36. The number of benzene rings is 1. The lowest BCUT2D eigenvalue weighted by molar-refractivity contribution is -0.383. The summed E-state index contributed by atoms with van der Waals surface area (Å²) in [7, 11) is 0. The van der Waals surface area contributed by atoms with E-state index >= 15 is 0 Å². The van der Waals surface area contributed by atoms with Crippen LogP contribution in [-0.2, 0) is 0 Å². The minimum Gasteiger partial charge on any atom is -0.507 e. The first-order chi connectivity index (χ1) is 6.61. The topological polar surface area (TPSA) is 105 Å². The number of rotatable bonds is 1. The van der Waals surface area contributed by atoms with Gasteiger partial charge in [-0.05, 0) is 6.07 Å². The monoisotopic (exact) mass is 193 g/mol. The number of nitrogens with one attached hydrogen (secondary N) is 1. The van der Waals surface area contributed by atoms with E-state index in [1.54, 1.807) is 0 Å². The van der Waals surface area contributed by atoms with Crippen molar-refractivity contribution in [2.24, 2.45) is 0 Å². The molecule has 0 unspecified atom stereocenters. The number of nitrogen functional groups attached to an aromatic ring is 1. The van der Waals surface area contributed by atoms with Gasteiger partial charge in [0, 0.05) is 12.3 Å². The van der Waals surface area contributed by atoms with Crippen LogP contribution in [-0.4, -0.2) is 15.0 Å². The van der Waals surface area contributed by atoms with Gasteiger partial charge in [0.25, 0.3) is 5.69 Å². The maximum Gasteiger partial charge on any atom is 0.293 e. The smallest absolute Gasteiger partial charge is 0.293 e. The Morgan fingerprint density at radius 2 is 2.21 bits per heavy atom. The third-order valence-corrected chi connectivity index (χ3v) is 2.02. The standard InChI is InChI=1S/C8H7N3O3/c9-4-3-10-8-5(11(13)14)1-2-6(12)7(4)8/h1-3,10,12H,9H2. The second-order valence-electron chi connectivity index (χ2n) is 2.85. The summed E-state index contributed by atoms with van der Waals surface area (Å²) in [5.41, 5.74) is 5.97. The molecule has 0 aliphatic heterocycles. The van der Waals surface area contributed by atoms with Crippen LogP contribution in [0.15, 0.2) is 18.3 Å². The van der Waals surface area contributed by atoms with Gasteiger partial charge in [-0.2, -0.15) is 0 Å². The van der Waals surface area contributed by atoms with Gasteiger partial charge in [-0.3, -0.25) is 10.1 Å². The van der Waals surface area contributed by atoms with E-state index in [2.05, 4.69) is 4.98 Å². The van der Waals surface area contributed by atoms with E-state index in [1.165, 1.54) is 18.3 Å². The summed E-state index contributed by atoms with van der Waals surface area (Å²) in [5.74, 6) is -0.0654. The zero-order valence-corrected chi connectivity index (χ0v) is 7.02. The number of nitrogens with zero attached hydrogens (tertiary/aromatic N) is 1. The van der Waals surface area contributed by atoms with E-state index in [0.717, 1.165) is 0 Å². The Morgan fingerprint density at radius 1 is 1.50 bits per heavy atom. The second kappa shape index (κ2) is 2.63. The molecule has 0 spiro atoms. The van der Waals surface area contributed by atoms with Gasteiger partial charge in [-0.1, -0.05) is 0 Å². The average molecular weight is 193 g/mol. The van der Waals surface area contributed by atoms with Gasteiger partial charge in [0.2, 0.25) is 0 Å². The molecule has 0 aliphatic carbocycles. The molecule has 0 saturated carbocycles. The highest BCUT2D eigenvalue weighted by molar-refractivity contribution is 6.01. The number of hydrogen-bond donors (Lipinski definition) is 3. The molecule has 0 atom stereocenters. The van der Waals surface area contributed by atoms with E-state index < -0.39 is 4.92 Å². The van der Waals surface area contributed by atoms with Gasteiger partial charge in [0.15, 0.2) is 0 Å². The van der Waals surface area contributed by atoms with Crippen molar-refractivity contribution in [3.05, 3.63) is 28.4 Å². The number of nitro groups is 1. The molecule has 0 radical (unpaired) electrons. The Labute approximate surface area is 78.1 Å². The van der Waals surface area contributed by atoms with Gasteiger partial charge in [0.1, 0.15) is 11.3 Å². The molecule has 6 heteroatoms. The van der Waals surface area contributed by atoms with Crippen LogP contribution in [0.5, 0.6) is 5.75 Å². The molecular formula is C8H7N3O3. The highest BCUT2D eigenvalue weighted by atomic mass is 16.6. The zero-order valence-electron chi connectivity index (χ0n) is 7.02. The normalized spacial score (nSPS) is 10.6. The Morgan fingerprint density at radius 3 is 2.86 bits per heavy atom. The third-order valence-electron chi connectivity index (χ3n) is 2.02. The number of aromatic amines is 1. The lowest BCUT2D eigenvalue weighted by Gasteiger charge is -1.97. The quantitative estimate of drug-likeness (QED) is 0.469. The van der Waals surface area contributed by atoms with Crippen LogP contribution in [0.2, 0.25) is 0 Å². The Kier molecular flexibility index (Phi) is 1.57. The summed E-state index contributed by atoms with van der Waals surface area (Å²) in [6.45, 7) is 0. The second-order valence-corrected chi connectivity index (χ2v) is 2.85. The van der Waals surface area contributed by atoms with Crippen LogP contribution < -0.4 is 5.73 Å². The number of nitro benzene ring substituents is 1. The van der Waals surface area contributed by atoms with Gasteiger partial charge >= 0.3 is 0 Å². The first kappa shape index (κ1) is 8.36. The number of phenolic OH excluding ortho intramolecular Hbond substituents is 1.